The van der Waals surface area contributed by atoms with Crippen molar-refractivity contribution in [2.24, 2.45) is 5.92 Å². The highest BCUT2D eigenvalue weighted by Gasteiger charge is 2.16. The third-order valence-electron chi connectivity index (χ3n) is 3.70. The van der Waals surface area contributed by atoms with Crippen LogP contribution < -0.4 is 5.32 Å². The molecule has 17 heavy (non-hydrogen) atoms. The average Bonchev–Trinajstić information content (AvgIpc) is 2.53. The SMILES string of the molecule is CCn1nc(C)c(Br)c1CNCCC1CCC1. The van der Waals surface area contributed by atoms with Crippen molar-refractivity contribution in [1.29, 1.82) is 0 Å². The van der Waals surface area contributed by atoms with Crippen LogP contribution in [0.5, 0.6) is 0 Å². The van der Waals surface area contributed by atoms with Gasteiger partial charge in [0.05, 0.1) is 15.9 Å². The first-order chi connectivity index (χ1) is 8.22. The summed E-state index contributed by atoms with van der Waals surface area (Å²) in [6.45, 7) is 7.17. The number of hydrogen-bond acceptors (Lipinski definition) is 2. The van der Waals surface area contributed by atoms with E-state index in [1.54, 1.807) is 0 Å². The molecule has 96 valence electrons. The molecule has 1 saturated carbocycles. The lowest BCUT2D eigenvalue weighted by Gasteiger charge is -2.25. The summed E-state index contributed by atoms with van der Waals surface area (Å²) in [6, 6.07) is 0. The molecule has 0 spiro atoms. The molecule has 0 aromatic carbocycles. The number of hydrogen-bond donors (Lipinski definition) is 1. The van der Waals surface area contributed by atoms with E-state index in [4.69, 9.17) is 0 Å². The van der Waals surface area contributed by atoms with Crippen LogP contribution in [0.2, 0.25) is 0 Å². The first-order valence-corrected chi connectivity index (χ1v) is 7.44. The molecule has 1 fully saturated rings. The third kappa shape index (κ3) is 3.10. The lowest BCUT2D eigenvalue weighted by Crippen LogP contribution is -2.22. The van der Waals surface area contributed by atoms with Gasteiger partial charge in [0.15, 0.2) is 0 Å². The molecule has 0 atom stereocenters. The highest BCUT2D eigenvalue weighted by Crippen LogP contribution is 2.28. The largest absolute Gasteiger partial charge is 0.311 e. The molecule has 1 N–H and O–H groups in total. The van der Waals surface area contributed by atoms with E-state index >= 15 is 0 Å². The Hall–Kier alpha value is -0.350. The predicted molar refractivity (Wildman–Crippen MR) is 74.0 cm³/mol. The number of aryl methyl sites for hydroxylation is 2. The second-order valence-corrected chi connectivity index (χ2v) is 5.72. The molecule has 1 heterocycles. The molecule has 0 unspecified atom stereocenters. The molecule has 1 aliphatic carbocycles. The Morgan fingerprint density at radius 3 is 2.82 bits per heavy atom. The van der Waals surface area contributed by atoms with Gasteiger partial charge < -0.3 is 5.32 Å². The van der Waals surface area contributed by atoms with Crippen molar-refractivity contribution in [3.8, 4) is 0 Å². The van der Waals surface area contributed by atoms with Gasteiger partial charge in [-0.2, -0.15) is 5.10 Å². The molecule has 0 saturated heterocycles. The molecular weight excluding hydrogens is 278 g/mol. The molecule has 0 radical (unpaired) electrons. The fourth-order valence-corrected chi connectivity index (χ4v) is 2.76. The van der Waals surface area contributed by atoms with Crippen molar-refractivity contribution in [1.82, 2.24) is 15.1 Å². The summed E-state index contributed by atoms with van der Waals surface area (Å²) in [4.78, 5) is 0. The Morgan fingerprint density at radius 2 is 2.24 bits per heavy atom. The highest BCUT2D eigenvalue weighted by molar-refractivity contribution is 9.10. The molecular formula is C13H22BrN3. The monoisotopic (exact) mass is 299 g/mol. The minimum atomic E-state index is 0.919. The standard InChI is InChI=1S/C13H22BrN3/c1-3-17-12(13(14)10(2)16-17)9-15-8-7-11-5-4-6-11/h11,15H,3-9H2,1-2H3. The summed E-state index contributed by atoms with van der Waals surface area (Å²) in [5.74, 6) is 0.990. The molecule has 1 aliphatic rings. The van der Waals surface area contributed by atoms with Gasteiger partial charge in [0, 0.05) is 13.1 Å². The molecule has 1 aromatic rings. The van der Waals surface area contributed by atoms with Crippen molar-refractivity contribution < 1.29 is 0 Å². The summed E-state index contributed by atoms with van der Waals surface area (Å²) in [6.07, 6.45) is 5.66. The summed E-state index contributed by atoms with van der Waals surface area (Å²) >= 11 is 3.62. The number of nitrogens with one attached hydrogen (secondary N) is 1. The van der Waals surface area contributed by atoms with Crippen molar-refractivity contribution in [3.05, 3.63) is 15.9 Å². The zero-order chi connectivity index (χ0) is 12.3. The van der Waals surface area contributed by atoms with Gasteiger partial charge in [0.25, 0.3) is 0 Å². The zero-order valence-electron chi connectivity index (χ0n) is 10.8. The maximum Gasteiger partial charge on any atom is 0.0739 e. The third-order valence-corrected chi connectivity index (χ3v) is 4.73. The van der Waals surface area contributed by atoms with Crippen molar-refractivity contribution in [2.45, 2.75) is 52.6 Å². The van der Waals surface area contributed by atoms with E-state index in [0.717, 1.165) is 35.7 Å². The Kier molecular flexibility index (Phi) is 4.62. The number of aromatic nitrogens is 2. The molecule has 3 nitrogen and oxygen atoms in total. The van der Waals surface area contributed by atoms with Gasteiger partial charge in [-0.25, -0.2) is 0 Å². The van der Waals surface area contributed by atoms with Crippen LogP contribution in [0.4, 0.5) is 0 Å². The van der Waals surface area contributed by atoms with Crippen LogP contribution in [0.15, 0.2) is 4.47 Å². The van der Waals surface area contributed by atoms with E-state index in [1.165, 1.54) is 31.4 Å². The summed E-state index contributed by atoms with van der Waals surface area (Å²) < 4.78 is 3.24. The number of rotatable bonds is 6. The van der Waals surface area contributed by atoms with Gasteiger partial charge in [0.2, 0.25) is 0 Å². The van der Waals surface area contributed by atoms with E-state index in [0.29, 0.717) is 0 Å². The minimum Gasteiger partial charge on any atom is -0.311 e. The van der Waals surface area contributed by atoms with Gasteiger partial charge >= 0.3 is 0 Å². The first kappa shape index (κ1) is 13.1. The van der Waals surface area contributed by atoms with E-state index in [9.17, 15) is 0 Å². The molecule has 2 rings (SSSR count). The molecule has 0 bridgehead atoms. The van der Waals surface area contributed by atoms with E-state index in [1.807, 2.05) is 6.92 Å². The van der Waals surface area contributed by atoms with Gasteiger partial charge in [0.1, 0.15) is 0 Å². The maximum absolute atomic E-state index is 4.50. The first-order valence-electron chi connectivity index (χ1n) is 6.64. The number of halogens is 1. The molecule has 4 heteroatoms. The predicted octanol–water partition coefficient (Wildman–Crippen LogP) is 3.25. The Labute approximate surface area is 112 Å². The fourth-order valence-electron chi connectivity index (χ4n) is 2.33. The summed E-state index contributed by atoms with van der Waals surface area (Å²) in [7, 11) is 0. The molecule has 0 aliphatic heterocycles. The average molecular weight is 300 g/mol. The van der Waals surface area contributed by atoms with Crippen LogP contribution in [-0.2, 0) is 13.1 Å². The Morgan fingerprint density at radius 1 is 1.47 bits per heavy atom. The Balaban J connectivity index is 1.80. The van der Waals surface area contributed by atoms with Crippen LogP contribution in [0.3, 0.4) is 0 Å². The minimum absolute atomic E-state index is 0.919. The van der Waals surface area contributed by atoms with Crippen molar-refractivity contribution >= 4 is 15.9 Å². The summed E-state index contributed by atoms with van der Waals surface area (Å²) in [5, 5.41) is 8.04. The lowest BCUT2D eigenvalue weighted by molar-refractivity contribution is 0.291. The molecule has 0 amide bonds. The summed E-state index contributed by atoms with van der Waals surface area (Å²) in [5.41, 5.74) is 2.36. The Bertz CT molecular complexity index is 369. The fraction of sp³-hybridized carbons (Fsp3) is 0.769. The zero-order valence-corrected chi connectivity index (χ0v) is 12.4. The molecule has 1 aromatic heterocycles. The van der Waals surface area contributed by atoms with Gasteiger partial charge in [-0.3, -0.25) is 4.68 Å². The van der Waals surface area contributed by atoms with Crippen molar-refractivity contribution in [2.75, 3.05) is 6.54 Å². The van der Waals surface area contributed by atoms with Crippen LogP contribution >= 0.6 is 15.9 Å². The second-order valence-electron chi connectivity index (χ2n) is 4.92. The topological polar surface area (TPSA) is 29.9 Å². The highest BCUT2D eigenvalue weighted by atomic mass is 79.9. The van der Waals surface area contributed by atoms with Gasteiger partial charge in [-0.15, -0.1) is 0 Å². The van der Waals surface area contributed by atoms with E-state index in [2.05, 4.69) is 38.0 Å². The van der Waals surface area contributed by atoms with Gasteiger partial charge in [-0.1, -0.05) is 19.3 Å². The van der Waals surface area contributed by atoms with Crippen LogP contribution in [0, 0.1) is 12.8 Å². The second kappa shape index (κ2) is 6.01. The maximum atomic E-state index is 4.50. The smallest absolute Gasteiger partial charge is 0.0739 e. The van der Waals surface area contributed by atoms with E-state index < -0.39 is 0 Å². The van der Waals surface area contributed by atoms with Crippen LogP contribution in [-0.4, -0.2) is 16.3 Å². The quantitative estimate of drug-likeness (QED) is 0.817. The lowest BCUT2D eigenvalue weighted by atomic mass is 9.83. The van der Waals surface area contributed by atoms with Gasteiger partial charge in [-0.05, 0) is 48.7 Å². The normalized spacial score (nSPS) is 16.2. The van der Waals surface area contributed by atoms with Crippen LogP contribution in [0.25, 0.3) is 0 Å². The van der Waals surface area contributed by atoms with Crippen molar-refractivity contribution in [3.63, 3.8) is 0 Å². The number of nitrogens with zero attached hydrogens (tertiary/aromatic N) is 2. The van der Waals surface area contributed by atoms with Crippen LogP contribution in [0.1, 0.15) is 44.0 Å². The van der Waals surface area contributed by atoms with E-state index in [-0.39, 0.29) is 0 Å².